The molecular weight excluding hydrogens is 412 g/mol. The quantitative estimate of drug-likeness (QED) is 0.355. The maximum absolute atomic E-state index is 13.1. The monoisotopic (exact) mass is 434 g/mol. The summed E-state index contributed by atoms with van der Waals surface area (Å²) in [7, 11) is 1.50. The van der Waals surface area contributed by atoms with Crippen LogP contribution in [0.25, 0.3) is 5.76 Å². The topological polar surface area (TPSA) is 102 Å². The van der Waals surface area contributed by atoms with Gasteiger partial charge in [0.15, 0.2) is 5.82 Å². The van der Waals surface area contributed by atoms with Gasteiger partial charge in [0.2, 0.25) is 0 Å². The molecule has 1 aliphatic rings. The Kier molecular flexibility index (Phi) is 5.68. The number of Topliss-reactive ketones (excluding diaryl/α,β-unsaturated/α-hetero) is 1. The van der Waals surface area contributed by atoms with Gasteiger partial charge in [-0.2, -0.15) is 0 Å². The third-order valence-corrected chi connectivity index (χ3v) is 5.16. The average molecular weight is 434 g/mol. The Morgan fingerprint density at radius 1 is 1.12 bits per heavy atom. The molecule has 1 unspecified atom stereocenters. The van der Waals surface area contributed by atoms with E-state index in [1.54, 1.807) is 61.5 Å². The van der Waals surface area contributed by atoms with E-state index in [2.05, 4.69) is 5.16 Å². The molecule has 0 spiro atoms. The molecule has 8 heteroatoms. The third kappa shape index (κ3) is 3.71. The van der Waals surface area contributed by atoms with Crippen LogP contribution in [0.1, 0.15) is 29.9 Å². The van der Waals surface area contributed by atoms with Crippen molar-refractivity contribution >= 4 is 23.3 Å². The molecule has 0 radical (unpaired) electrons. The molecule has 164 valence electrons. The molecule has 8 nitrogen and oxygen atoms in total. The number of hydrogen-bond acceptors (Lipinski definition) is 7. The van der Waals surface area contributed by atoms with E-state index >= 15 is 0 Å². The second-order valence-corrected chi connectivity index (χ2v) is 7.20. The van der Waals surface area contributed by atoms with Crippen molar-refractivity contribution < 1.29 is 28.7 Å². The molecule has 1 amide bonds. The molecule has 2 heterocycles. The first-order valence-electron chi connectivity index (χ1n) is 10.1. The Morgan fingerprint density at radius 2 is 1.88 bits per heavy atom. The number of aliphatic hydroxyl groups excluding tert-OH is 1. The van der Waals surface area contributed by atoms with Gasteiger partial charge in [-0.3, -0.25) is 14.5 Å². The van der Waals surface area contributed by atoms with E-state index in [4.69, 9.17) is 14.0 Å². The van der Waals surface area contributed by atoms with Crippen molar-refractivity contribution in [3.63, 3.8) is 0 Å². The normalized spacial score (nSPS) is 17.6. The highest BCUT2D eigenvalue weighted by molar-refractivity contribution is 6.51. The number of rotatable bonds is 6. The molecular formula is C24H22N2O6. The zero-order chi connectivity index (χ0) is 22.8. The van der Waals surface area contributed by atoms with Crippen LogP contribution in [-0.4, -0.2) is 35.7 Å². The fraction of sp³-hybridized carbons (Fsp3) is 0.208. The number of hydrogen-bond donors (Lipinski definition) is 1. The summed E-state index contributed by atoms with van der Waals surface area (Å²) in [4.78, 5) is 27.4. The highest BCUT2D eigenvalue weighted by Gasteiger charge is 2.48. The minimum absolute atomic E-state index is 0.0481. The highest BCUT2D eigenvalue weighted by atomic mass is 16.5. The third-order valence-electron chi connectivity index (χ3n) is 5.16. The Hall–Kier alpha value is -4.07. The molecule has 32 heavy (non-hydrogen) atoms. The van der Waals surface area contributed by atoms with E-state index in [1.165, 1.54) is 12.0 Å². The highest BCUT2D eigenvalue weighted by Crippen LogP contribution is 2.42. The molecule has 0 saturated carbocycles. The predicted molar refractivity (Wildman–Crippen MR) is 117 cm³/mol. The summed E-state index contributed by atoms with van der Waals surface area (Å²) in [5, 5.41) is 15.1. The maximum atomic E-state index is 13.1. The summed E-state index contributed by atoms with van der Waals surface area (Å²) in [6.45, 7) is 4.07. The van der Waals surface area contributed by atoms with E-state index < -0.39 is 17.7 Å². The summed E-state index contributed by atoms with van der Waals surface area (Å²) in [5.74, 6) is -0.0880. The van der Waals surface area contributed by atoms with Crippen LogP contribution in [0.2, 0.25) is 0 Å². The maximum Gasteiger partial charge on any atom is 0.301 e. The fourth-order valence-electron chi connectivity index (χ4n) is 3.69. The summed E-state index contributed by atoms with van der Waals surface area (Å²) >= 11 is 0. The number of ether oxygens (including phenoxy) is 2. The van der Waals surface area contributed by atoms with Gasteiger partial charge in [0.1, 0.15) is 23.0 Å². The summed E-state index contributed by atoms with van der Waals surface area (Å²) in [6.07, 6.45) is 0. The van der Waals surface area contributed by atoms with Crippen LogP contribution < -0.4 is 14.4 Å². The molecule has 1 N–H and O–H groups in total. The lowest BCUT2D eigenvalue weighted by Crippen LogP contribution is -2.29. The van der Waals surface area contributed by atoms with Crippen molar-refractivity contribution in [2.24, 2.45) is 0 Å². The van der Waals surface area contributed by atoms with Crippen LogP contribution in [0.3, 0.4) is 0 Å². The zero-order valence-corrected chi connectivity index (χ0v) is 17.9. The van der Waals surface area contributed by atoms with Crippen LogP contribution in [0.5, 0.6) is 11.5 Å². The first-order chi connectivity index (χ1) is 15.4. The first-order valence-corrected chi connectivity index (χ1v) is 10.1. The van der Waals surface area contributed by atoms with E-state index in [-0.39, 0.29) is 17.2 Å². The fourth-order valence-corrected chi connectivity index (χ4v) is 3.69. The number of aromatic nitrogens is 1. The lowest BCUT2D eigenvalue weighted by atomic mass is 9.95. The van der Waals surface area contributed by atoms with Gasteiger partial charge in [-0.25, -0.2) is 0 Å². The SMILES string of the molecule is CCOc1ccc(C2/C(=C(\O)c3cccc(OC)c3)C(=O)C(=O)N2c2cc(C)on2)cc1. The molecule has 2 aromatic carbocycles. The van der Waals surface area contributed by atoms with E-state index in [9.17, 15) is 14.7 Å². The lowest BCUT2D eigenvalue weighted by molar-refractivity contribution is -0.132. The molecule has 3 aromatic rings. The van der Waals surface area contributed by atoms with Gasteiger partial charge in [0.05, 0.1) is 25.3 Å². The summed E-state index contributed by atoms with van der Waals surface area (Å²) in [5.41, 5.74) is 0.917. The summed E-state index contributed by atoms with van der Waals surface area (Å²) < 4.78 is 15.9. The average Bonchev–Trinajstić information content (AvgIpc) is 3.34. The van der Waals surface area contributed by atoms with Gasteiger partial charge in [0, 0.05) is 11.6 Å². The van der Waals surface area contributed by atoms with Crippen LogP contribution in [0.4, 0.5) is 5.82 Å². The number of carbonyl (C=O) groups is 2. The van der Waals surface area contributed by atoms with Gasteiger partial charge in [0.25, 0.3) is 5.78 Å². The van der Waals surface area contributed by atoms with Gasteiger partial charge >= 0.3 is 5.91 Å². The lowest BCUT2D eigenvalue weighted by Gasteiger charge is -2.23. The van der Waals surface area contributed by atoms with Crippen molar-refractivity contribution in [3.05, 3.63) is 77.1 Å². The smallest absolute Gasteiger partial charge is 0.301 e. The Morgan fingerprint density at radius 3 is 2.50 bits per heavy atom. The molecule has 1 fully saturated rings. The second kappa shape index (κ2) is 8.58. The number of benzene rings is 2. The number of carbonyl (C=O) groups excluding carboxylic acids is 2. The largest absolute Gasteiger partial charge is 0.507 e. The molecule has 1 saturated heterocycles. The minimum atomic E-state index is -0.902. The Labute approximate surface area is 184 Å². The summed E-state index contributed by atoms with van der Waals surface area (Å²) in [6, 6.07) is 14.3. The van der Waals surface area contributed by atoms with Gasteiger partial charge in [-0.15, -0.1) is 0 Å². The van der Waals surface area contributed by atoms with E-state index in [1.807, 2.05) is 6.92 Å². The number of aliphatic hydroxyl groups is 1. The Balaban J connectivity index is 1.90. The number of anilines is 1. The van der Waals surface area contributed by atoms with E-state index in [0.29, 0.717) is 35.0 Å². The number of methoxy groups -OCH3 is 1. The van der Waals surface area contributed by atoms with Gasteiger partial charge in [-0.05, 0) is 43.7 Å². The van der Waals surface area contributed by atoms with Crippen molar-refractivity contribution in [2.75, 3.05) is 18.6 Å². The molecule has 1 aliphatic heterocycles. The van der Waals surface area contributed by atoms with Crippen molar-refractivity contribution in [2.45, 2.75) is 19.9 Å². The van der Waals surface area contributed by atoms with Crippen molar-refractivity contribution in [1.82, 2.24) is 5.16 Å². The Bertz CT molecular complexity index is 1200. The zero-order valence-electron chi connectivity index (χ0n) is 17.9. The van der Waals surface area contributed by atoms with Gasteiger partial charge in [-0.1, -0.05) is 29.4 Å². The van der Waals surface area contributed by atoms with Crippen LogP contribution >= 0.6 is 0 Å². The number of ketones is 1. The molecule has 1 aromatic heterocycles. The van der Waals surface area contributed by atoms with Gasteiger partial charge < -0.3 is 19.1 Å². The molecule has 4 rings (SSSR count). The van der Waals surface area contributed by atoms with Crippen LogP contribution in [-0.2, 0) is 9.59 Å². The molecule has 1 atom stereocenters. The minimum Gasteiger partial charge on any atom is -0.507 e. The van der Waals surface area contributed by atoms with E-state index in [0.717, 1.165) is 0 Å². The number of nitrogens with zero attached hydrogens (tertiary/aromatic N) is 2. The number of amides is 1. The first kappa shape index (κ1) is 21.2. The second-order valence-electron chi connectivity index (χ2n) is 7.20. The predicted octanol–water partition coefficient (Wildman–Crippen LogP) is 4.02. The van der Waals surface area contributed by atoms with Crippen molar-refractivity contribution in [3.8, 4) is 11.5 Å². The molecule has 0 aliphatic carbocycles. The number of aryl methyl sites for hydroxylation is 1. The van der Waals surface area contributed by atoms with Crippen LogP contribution in [0.15, 0.2) is 64.7 Å². The van der Waals surface area contributed by atoms with Crippen LogP contribution in [0, 0.1) is 6.92 Å². The van der Waals surface area contributed by atoms with Crippen molar-refractivity contribution in [1.29, 1.82) is 0 Å². The standard InChI is InChI=1S/C24H22N2O6/c1-4-31-17-10-8-15(9-11-17)21-20(22(27)16-6-5-7-18(13-16)30-3)23(28)24(29)26(21)19-12-14(2)32-25-19/h5-13,21,27H,4H2,1-3H3/b22-20+. The molecule has 0 bridgehead atoms.